The van der Waals surface area contributed by atoms with Gasteiger partial charge in [0.05, 0.1) is 18.5 Å². The molecule has 0 saturated carbocycles. The van der Waals surface area contributed by atoms with Crippen LogP contribution in [0.15, 0.2) is 65.1 Å². The second-order valence-electron chi connectivity index (χ2n) is 7.67. The van der Waals surface area contributed by atoms with Crippen LogP contribution in [0.25, 0.3) is 21.9 Å². The number of rotatable bonds is 3. The first-order valence-electron chi connectivity index (χ1n) is 9.77. The molecule has 8 heteroatoms. The zero-order chi connectivity index (χ0) is 21.8. The van der Waals surface area contributed by atoms with E-state index in [1.54, 1.807) is 24.3 Å². The van der Waals surface area contributed by atoms with Crippen LogP contribution in [0.4, 0.5) is 11.4 Å². The second kappa shape index (κ2) is 7.02. The van der Waals surface area contributed by atoms with E-state index in [9.17, 15) is 13.2 Å². The number of fused-ring (bicyclic) bond motifs is 4. The third-order valence-corrected chi connectivity index (χ3v) is 6.47. The molecule has 0 aliphatic carbocycles. The van der Waals surface area contributed by atoms with Crippen LogP contribution in [0, 0.1) is 6.92 Å². The predicted molar refractivity (Wildman–Crippen MR) is 120 cm³/mol. The number of sulfonamides is 1. The highest BCUT2D eigenvalue weighted by atomic mass is 32.2. The van der Waals surface area contributed by atoms with Crippen LogP contribution in [0.2, 0.25) is 0 Å². The molecule has 0 radical (unpaired) electrons. The van der Waals surface area contributed by atoms with E-state index in [1.807, 2.05) is 43.3 Å². The summed E-state index contributed by atoms with van der Waals surface area (Å²) in [5.74, 6) is -0.0782. The molecule has 2 heterocycles. The Morgan fingerprint density at radius 3 is 2.61 bits per heavy atom. The van der Waals surface area contributed by atoms with E-state index >= 15 is 0 Å². The van der Waals surface area contributed by atoms with Gasteiger partial charge >= 0.3 is 0 Å². The lowest BCUT2D eigenvalue weighted by molar-refractivity contribution is -0.122. The lowest BCUT2D eigenvalue weighted by Gasteiger charge is -2.34. The number of para-hydroxylation sites is 1. The Kier molecular flexibility index (Phi) is 4.40. The molecule has 0 bridgehead atoms. The molecule has 5 rings (SSSR count). The molecular weight excluding hydrogens is 416 g/mol. The summed E-state index contributed by atoms with van der Waals surface area (Å²) < 4.78 is 37.6. The maximum absolute atomic E-state index is 12.9. The molecule has 0 unspecified atom stereocenters. The van der Waals surface area contributed by atoms with E-state index < -0.39 is 22.0 Å². The maximum Gasteiger partial charge on any atom is 0.267 e. The highest BCUT2D eigenvalue weighted by molar-refractivity contribution is 7.92. The molecule has 0 fully saturated rings. The third kappa shape index (κ3) is 3.48. The Morgan fingerprint density at radius 2 is 1.81 bits per heavy atom. The van der Waals surface area contributed by atoms with E-state index in [0.717, 1.165) is 28.2 Å². The predicted octanol–water partition coefficient (Wildman–Crippen LogP) is 4.06. The van der Waals surface area contributed by atoms with Gasteiger partial charge in [0.2, 0.25) is 10.0 Å². The molecule has 1 aliphatic heterocycles. The molecule has 158 valence electrons. The normalized spacial score (nSPS) is 16.2. The summed E-state index contributed by atoms with van der Waals surface area (Å²) in [5, 5.41) is 4.77. The minimum Gasteiger partial charge on any atom is -0.476 e. The quantitative estimate of drug-likeness (QED) is 0.523. The number of amides is 1. The van der Waals surface area contributed by atoms with Gasteiger partial charge in [-0.25, -0.2) is 8.42 Å². The van der Waals surface area contributed by atoms with Crippen molar-refractivity contribution in [2.45, 2.75) is 13.0 Å². The van der Waals surface area contributed by atoms with Crippen molar-refractivity contribution in [2.75, 3.05) is 22.4 Å². The van der Waals surface area contributed by atoms with Crippen molar-refractivity contribution in [1.82, 2.24) is 0 Å². The average molecular weight is 436 g/mol. The third-order valence-electron chi connectivity index (χ3n) is 5.32. The van der Waals surface area contributed by atoms with Gasteiger partial charge < -0.3 is 14.5 Å². The zero-order valence-electron chi connectivity index (χ0n) is 17.0. The van der Waals surface area contributed by atoms with Crippen LogP contribution in [-0.4, -0.2) is 33.2 Å². The first kappa shape index (κ1) is 19.4. The standard InChI is InChI=1S/C23H20N2O5S/c1-14-7-10-20-18(11-14)25(31(2,27)28)13-22(30-20)23(26)24-15-8-9-17-16-5-3-4-6-19(16)29-21(17)12-15/h3-12,22H,13H2,1-2H3,(H,24,26)/t22-/m1/s1. The number of hydrogen-bond donors (Lipinski definition) is 1. The summed E-state index contributed by atoms with van der Waals surface area (Å²) in [6.07, 6.45) is 0.130. The number of nitrogens with zero attached hydrogens (tertiary/aromatic N) is 1. The van der Waals surface area contributed by atoms with Crippen molar-refractivity contribution in [2.24, 2.45) is 0 Å². The van der Waals surface area contributed by atoms with Crippen molar-refractivity contribution in [3.05, 3.63) is 66.2 Å². The molecular formula is C23H20N2O5S. The SMILES string of the molecule is Cc1ccc2c(c1)N(S(C)(=O)=O)C[C@H](C(=O)Nc1ccc3c(c1)oc1ccccc13)O2. The minimum atomic E-state index is -3.58. The van der Waals surface area contributed by atoms with Crippen LogP contribution in [0.3, 0.4) is 0 Å². The number of furan rings is 1. The van der Waals surface area contributed by atoms with Crippen molar-refractivity contribution < 1.29 is 22.4 Å². The van der Waals surface area contributed by atoms with Crippen LogP contribution in [0.5, 0.6) is 5.75 Å². The average Bonchev–Trinajstić information content (AvgIpc) is 3.10. The lowest BCUT2D eigenvalue weighted by atomic mass is 10.1. The van der Waals surface area contributed by atoms with Crippen molar-refractivity contribution in [3.63, 3.8) is 0 Å². The minimum absolute atomic E-state index is 0.103. The summed E-state index contributed by atoms with van der Waals surface area (Å²) in [6.45, 7) is 1.77. The Balaban J connectivity index is 1.43. The van der Waals surface area contributed by atoms with Gasteiger partial charge in [-0.15, -0.1) is 0 Å². The highest BCUT2D eigenvalue weighted by Crippen LogP contribution is 2.36. The summed E-state index contributed by atoms with van der Waals surface area (Å²) in [7, 11) is -3.58. The number of carbonyl (C=O) groups excluding carboxylic acids is 1. The van der Waals surface area contributed by atoms with Crippen molar-refractivity contribution >= 4 is 49.2 Å². The molecule has 0 spiro atoms. The van der Waals surface area contributed by atoms with Gasteiger partial charge in [0.15, 0.2) is 6.10 Å². The first-order valence-corrected chi connectivity index (χ1v) is 11.6. The number of aryl methyl sites for hydroxylation is 1. The number of anilines is 2. The number of ether oxygens (including phenoxy) is 1. The largest absolute Gasteiger partial charge is 0.476 e. The molecule has 1 amide bonds. The Bertz CT molecular complexity index is 1440. The fourth-order valence-corrected chi connectivity index (χ4v) is 4.74. The Labute approximate surface area is 179 Å². The summed E-state index contributed by atoms with van der Waals surface area (Å²) in [5.41, 5.74) is 3.31. The van der Waals surface area contributed by atoms with E-state index in [4.69, 9.17) is 9.15 Å². The molecule has 7 nitrogen and oxygen atoms in total. The van der Waals surface area contributed by atoms with Crippen LogP contribution in [0.1, 0.15) is 5.56 Å². The highest BCUT2D eigenvalue weighted by Gasteiger charge is 2.35. The van der Waals surface area contributed by atoms with Gasteiger partial charge in [0, 0.05) is 22.5 Å². The van der Waals surface area contributed by atoms with Crippen LogP contribution >= 0.6 is 0 Å². The summed E-state index contributed by atoms with van der Waals surface area (Å²) in [6, 6.07) is 18.4. The van der Waals surface area contributed by atoms with Crippen LogP contribution < -0.4 is 14.4 Å². The number of carbonyl (C=O) groups is 1. The fraction of sp³-hybridized carbons (Fsp3) is 0.174. The monoisotopic (exact) mass is 436 g/mol. The molecule has 1 N–H and O–H groups in total. The molecule has 4 aromatic rings. The number of nitrogens with one attached hydrogen (secondary N) is 1. The number of hydrogen-bond acceptors (Lipinski definition) is 5. The lowest BCUT2D eigenvalue weighted by Crippen LogP contribution is -2.48. The molecule has 31 heavy (non-hydrogen) atoms. The van der Waals surface area contributed by atoms with Gasteiger partial charge in [-0.3, -0.25) is 9.10 Å². The molecule has 0 saturated heterocycles. The van der Waals surface area contributed by atoms with E-state index in [-0.39, 0.29) is 6.54 Å². The summed E-state index contributed by atoms with van der Waals surface area (Å²) in [4.78, 5) is 12.9. The van der Waals surface area contributed by atoms with Gasteiger partial charge in [-0.05, 0) is 42.8 Å². The molecule has 3 aromatic carbocycles. The molecule has 1 aliphatic rings. The van der Waals surface area contributed by atoms with Gasteiger partial charge in [0.1, 0.15) is 16.9 Å². The van der Waals surface area contributed by atoms with Crippen LogP contribution in [-0.2, 0) is 14.8 Å². The van der Waals surface area contributed by atoms with E-state index in [2.05, 4.69) is 5.32 Å². The summed E-state index contributed by atoms with van der Waals surface area (Å²) >= 11 is 0. The second-order valence-corrected chi connectivity index (χ2v) is 9.58. The molecule has 1 aromatic heterocycles. The van der Waals surface area contributed by atoms with E-state index in [0.29, 0.717) is 22.7 Å². The Morgan fingerprint density at radius 1 is 1.03 bits per heavy atom. The van der Waals surface area contributed by atoms with Crippen molar-refractivity contribution in [1.29, 1.82) is 0 Å². The maximum atomic E-state index is 12.9. The first-order chi connectivity index (χ1) is 14.8. The smallest absolute Gasteiger partial charge is 0.267 e. The Hall–Kier alpha value is -3.52. The topological polar surface area (TPSA) is 88.9 Å². The van der Waals surface area contributed by atoms with Crippen molar-refractivity contribution in [3.8, 4) is 5.75 Å². The van der Waals surface area contributed by atoms with Gasteiger partial charge in [0.25, 0.3) is 5.91 Å². The zero-order valence-corrected chi connectivity index (χ0v) is 17.8. The fourth-order valence-electron chi connectivity index (χ4n) is 3.84. The van der Waals surface area contributed by atoms with Gasteiger partial charge in [-0.1, -0.05) is 24.3 Å². The molecule has 1 atom stereocenters. The van der Waals surface area contributed by atoms with E-state index in [1.165, 1.54) is 4.31 Å². The van der Waals surface area contributed by atoms with Gasteiger partial charge in [-0.2, -0.15) is 0 Å². The number of benzene rings is 3.